The van der Waals surface area contributed by atoms with Crippen molar-refractivity contribution in [2.75, 3.05) is 45.8 Å². The largest absolute Gasteiger partial charge is 0.340 e. The molecule has 0 unspecified atom stereocenters. The van der Waals surface area contributed by atoms with Crippen molar-refractivity contribution in [3.05, 3.63) is 0 Å². The minimum atomic E-state index is 0.248. The molecule has 2 fully saturated rings. The van der Waals surface area contributed by atoms with E-state index < -0.39 is 0 Å². The Kier molecular flexibility index (Phi) is 4.18. The predicted octanol–water partition coefficient (Wildman–Crippen LogP) is 0.150. The van der Waals surface area contributed by atoms with Gasteiger partial charge in [-0.05, 0) is 25.9 Å². The number of nitrogens with zero attached hydrogens (tertiary/aromatic N) is 2. The summed E-state index contributed by atoms with van der Waals surface area (Å²) in [5.74, 6) is 0.624. The van der Waals surface area contributed by atoms with Crippen LogP contribution in [0, 0.1) is 5.92 Å². The molecule has 0 aromatic carbocycles. The lowest BCUT2D eigenvalue weighted by molar-refractivity contribution is -0.136. The molecule has 2 aliphatic heterocycles. The van der Waals surface area contributed by atoms with Gasteiger partial charge in [0, 0.05) is 32.7 Å². The normalized spacial score (nSPS) is 27.3. The maximum absolute atomic E-state index is 12.1. The molecule has 2 heterocycles. The zero-order valence-corrected chi connectivity index (χ0v) is 10.2. The summed E-state index contributed by atoms with van der Waals surface area (Å²) in [6, 6.07) is 0. The Balaban J connectivity index is 1.77. The minimum Gasteiger partial charge on any atom is -0.340 e. The molecule has 92 valence electrons. The Labute approximate surface area is 98.0 Å². The molecule has 0 aromatic heterocycles. The summed E-state index contributed by atoms with van der Waals surface area (Å²) in [4.78, 5) is 16.6. The highest BCUT2D eigenvalue weighted by atomic mass is 16.2. The van der Waals surface area contributed by atoms with Crippen molar-refractivity contribution in [2.24, 2.45) is 5.92 Å². The molecule has 16 heavy (non-hydrogen) atoms. The van der Waals surface area contributed by atoms with E-state index in [1.807, 2.05) is 0 Å². The van der Waals surface area contributed by atoms with E-state index in [0.717, 1.165) is 45.7 Å². The lowest BCUT2D eigenvalue weighted by Crippen LogP contribution is -2.50. The van der Waals surface area contributed by atoms with Crippen molar-refractivity contribution in [3.63, 3.8) is 0 Å². The molecule has 4 nitrogen and oxygen atoms in total. The Hall–Kier alpha value is -0.610. The highest BCUT2D eigenvalue weighted by Crippen LogP contribution is 2.13. The van der Waals surface area contributed by atoms with Gasteiger partial charge in [0.25, 0.3) is 0 Å². The van der Waals surface area contributed by atoms with Crippen molar-refractivity contribution in [1.82, 2.24) is 15.1 Å². The third-order valence-corrected chi connectivity index (χ3v) is 3.63. The summed E-state index contributed by atoms with van der Waals surface area (Å²) in [5.41, 5.74) is 0. The first-order chi connectivity index (χ1) is 7.81. The van der Waals surface area contributed by atoms with E-state index in [2.05, 4.69) is 22.0 Å². The number of rotatable bonds is 3. The first-order valence-electron chi connectivity index (χ1n) is 6.53. The fourth-order valence-electron chi connectivity index (χ4n) is 2.63. The summed E-state index contributed by atoms with van der Waals surface area (Å²) in [6.45, 7) is 9.24. The molecular formula is C12H23N3O. The van der Waals surface area contributed by atoms with Gasteiger partial charge in [0.2, 0.25) is 5.91 Å². The van der Waals surface area contributed by atoms with Crippen LogP contribution in [0.15, 0.2) is 0 Å². The molecule has 2 rings (SSSR count). The highest BCUT2D eigenvalue weighted by molar-refractivity contribution is 5.79. The Morgan fingerprint density at radius 2 is 2.06 bits per heavy atom. The average Bonchev–Trinajstić information content (AvgIpc) is 2.83. The Morgan fingerprint density at radius 1 is 1.31 bits per heavy atom. The zero-order valence-electron chi connectivity index (χ0n) is 10.2. The number of hydrogen-bond acceptors (Lipinski definition) is 3. The molecule has 1 amide bonds. The first kappa shape index (κ1) is 11.9. The summed E-state index contributed by atoms with van der Waals surface area (Å²) in [6.07, 6.45) is 2.23. The monoisotopic (exact) mass is 225 g/mol. The predicted molar refractivity (Wildman–Crippen MR) is 64.3 cm³/mol. The van der Waals surface area contributed by atoms with Crippen LogP contribution in [0.2, 0.25) is 0 Å². The number of amides is 1. The van der Waals surface area contributed by atoms with Gasteiger partial charge in [-0.1, -0.05) is 6.92 Å². The van der Waals surface area contributed by atoms with Crippen LogP contribution in [0.1, 0.15) is 19.8 Å². The molecule has 0 aliphatic carbocycles. The molecule has 0 aromatic rings. The molecule has 1 atom stereocenters. The van der Waals surface area contributed by atoms with Gasteiger partial charge in [0.15, 0.2) is 0 Å². The standard InChI is InChI=1S/C12H23N3O/c1-2-5-14-6-8-15(9-7-14)12(16)11-3-4-13-10-11/h11,13H,2-10H2,1H3/t11-/m1/s1. The van der Waals surface area contributed by atoms with Gasteiger partial charge < -0.3 is 10.2 Å². The molecule has 4 heteroatoms. The average molecular weight is 225 g/mol. The van der Waals surface area contributed by atoms with Crippen molar-refractivity contribution in [1.29, 1.82) is 0 Å². The Morgan fingerprint density at radius 3 is 2.62 bits per heavy atom. The minimum absolute atomic E-state index is 0.248. The van der Waals surface area contributed by atoms with Gasteiger partial charge in [0.1, 0.15) is 0 Å². The van der Waals surface area contributed by atoms with Crippen LogP contribution in [0.4, 0.5) is 0 Å². The third-order valence-electron chi connectivity index (χ3n) is 3.63. The molecule has 0 spiro atoms. The number of piperazine rings is 1. The summed E-state index contributed by atoms with van der Waals surface area (Å²) < 4.78 is 0. The van der Waals surface area contributed by atoms with Crippen LogP contribution in [0.25, 0.3) is 0 Å². The van der Waals surface area contributed by atoms with Gasteiger partial charge in [0.05, 0.1) is 5.92 Å². The second-order valence-corrected chi connectivity index (χ2v) is 4.86. The van der Waals surface area contributed by atoms with Crippen LogP contribution in [-0.2, 0) is 4.79 Å². The molecule has 2 aliphatic rings. The Bertz CT molecular complexity index is 230. The van der Waals surface area contributed by atoms with Crippen LogP contribution in [0.5, 0.6) is 0 Å². The number of carbonyl (C=O) groups excluding carboxylic acids is 1. The SMILES string of the molecule is CCCN1CCN(C(=O)[C@@H]2CCNC2)CC1. The van der Waals surface area contributed by atoms with Crippen molar-refractivity contribution in [2.45, 2.75) is 19.8 Å². The van der Waals surface area contributed by atoms with E-state index >= 15 is 0 Å². The fourth-order valence-corrected chi connectivity index (χ4v) is 2.63. The molecular weight excluding hydrogens is 202 g/mol. The van der Waals surface area contributed by atoms with E-state index in [1.165, 1.54) is 13.0 Å². The van der Waals surface area contributed by atoms with Crippen molar-refractivity contribution >= 4 is 5.91 Å². The van der Waals surface area contributed by atoms with E-state index in [0.29, 0.717) is 5.91 Å². The summed E-state index contributed by atoms with van der Waals surface area (Å²) >= 11 is 0. The summed E-state index contributed by atoms with van der Waals surface area (Å²) in [7, 11) is 0. The lowest BCUT2D eigenvalue weighted by Gasteiger charge is -2.35. The molecule has 0 bridgehead atoms. The van der Waals surface area contributed by atoms with Crippen LogP contribution in [0.3, 0.4) is 0 Å². The van der Waals surface area contributed by atoms with Crippen LogP contribution in [-0.4, -0.2) is 61.5 Å². The van der Waals surface area contributed by atoms with E-state index in [9.17, 15) is 4.79 Å². The maximum Gasteiger partial charge on any atom is 0.227 e. The zero-order chi connectivity index (χ0) is 11.4. The van der Waals surface area contributed by atoms with Crippen molar-refractivity contribution in [3.8, 4) is 0 Å². The van der Waals surface area contributed by atoms with Crippen molar-refractivity contribution < 1.29 is 4.79 Å². The number of nitrogens with one attached hydrogen (secondary N) is 1. The van der Waals surface area contributed by atoms with Crippen LogP contribution >= 0.6 is 0 Å². The topological polar surface area (TPSA) is 35.6 Å². The molecule has 1 N–H and O–H groups in total. The lowest BCUT2D eigenvalue weighted by atomic mass is 10.1. The number of carbonyl (C=O) groups is 1. The molecule has 2 saturated heterocycles. The number of hydrogen-bond donors (Lipinski definition) is 1. The second kappa shape index (κ2) is 5.64. The fraction of sp³-hybridized carbons (Fsp3) is 0.917. The third kappa shape index (κ3) is 2.74. The molecule has 0 radical (unpaired) electrons. The van der Waals surface area contributed by atoms with Gasteiger partial charge in [-0.15, -0.1) is 0 Å². The van der Waals surface area contributed by atoms with E-state index in [4.69, 9.17) is 0 Å². The maximum atomic E-state index is 12.1. The van der Waals surface area contributed by atoms with Gasteiger partial charge in [-0.3, -0.25) is 9.69 Å². The highest BCUT2D eigenvalue weighted by Gasteiger charge is 2.28. The second-order valence-electron chi connectivity index (χ2n) is 4.86. The smallest absolute Gasteiger partial charge is 0.227 e. The first-order valence-corrected chi connectivity index (χ1v) is 6.53. The summed E-state index contributed by atoms with van der Waals surface area (Å²) in [5, 5.41) is 3.26. The molecule has 0 saturated carbocycles. The van der Waals surface area contributed by atoms with Gasteiger partial charge in [-0.25, -0.2) is 0 Å². The van der Waals surface area contributed by atoms with E-state index in [1.54, 1.807) is 0 Å². The van der Waals surface area contributed by atoms with Gasteiger partial charge in [-0.2, -0.15) is 0 Å². The van der Waals surface area contributed by atoms with Crippen LogP contribution < -0.4 is 5.32 Å². The quantitative estimate of drug-likeness (QED) is 0.743. The van der Waals surface area contributed by atoms with Gasteiger partial charge >= 0.3 is 0 Å². The van der Waals surface area contributed by atoms with E-state index in [-0.39, 0.29) is 5.92 Å².